The topological polar surface area (TPSA) is 58.0 Å². The first-order valence-electron chi connectivity index (χ1n) is 10.3. The molecule has 184 valence electrons. The highest BCUT2D eigenvalue weighted by Gasteiger charge is 2.36. The van der Waals surface area contributed by atoms with Gasteiger partial charge in [-0.3, -0.25) is 0 Å². The predicted octanol–water partition coefficient (Wildman–Crippen LogP) is 4.86. The molecule has 1 aliphatic rings. The number of aromatic nitrogens is 4. The summed E-state index contributed by atoms with van der Waals surface area (Å²) < 4.78 is 78.4. The molecule has 0 aliphatic carbocycles. The van der Waals surface area contributed by atoms with E-state index in [0.717, 1.165) is 18.2 Å². The first-order chi connectivity index (χ1) is 16.5. The van der Waals surface area contributed by atoms with E-state index in [0.29, 0.717) is 30.4 Å². The van der Waals surface area contributed by atoms with Gasteiger partial charge in [-0.15, -0.1) is 12.8 Å². The number of rotatable bonds is 3. The Balaban J connectivity index is 0.00000167. The maximum Gasteiger partial charge on any atom is 0.419 e. The molecule has 3 heterocycles. The zero-order valence-electron chi connectivity index (χ0n) is 18.5. The molecule has 0 unspecified atom stereocenters. The van der Waals surface area contributed by atoms with Gasteiger partial charge in [0.2, 0.25) is 5.95 Å². The van der Waals surface area contributed by atoms with Crippen LogP contribution in [0.3, 0.4) is 0 Å². The molecule has 1 aromatic carbocycles. The minimum atomic E-state index is -4.51. The van der Waals surface area contributed by atoms with E-state index in [-0.39, 0.29) is 24.7 Å². The molecule has 3 aromatic rings. The quantitative estimate of drug-likeness (QED) is 0.383. The minimum Gasteiger partial charge on any atom is -0.353 e. The smallest absolute Gasteiger partial charge is 0.353 e. The lowest BCUT2D eigenvalue weighted by atomic mass is 10.1. The van der Waals surface area contributed by atoms with Gasteiger partial charge in [0.1, 0.15) is 11.6 Å². The summed E-state index contributed by atoms with van der Waals surface area (Å²) in [6, 6.07) is 6.74. The summed E-state index contributed by atoms with van der Waals surface area (Å²) in [4.78, 5) is 20.2. The summed E-state index contributed by atoms with van der Waals surface area (Å²) in [6.45, 7) is 2.84. The number of hydrogen-bond donors (Lipinski definition) is 0. The van der Waals surface area contributed by atoms with Crippen molar-refractivity contribution in [3.05, 3.63) is 59.5 Å². The maximum absolute atomic E-state index is 13.3. The van der Waals surface area contributed by atoms with E-state index < -0.39 is 23.5 Å². The predicted molar refractivity (Wildman–Crippen MR) is 119 cm³/mol. The number of anilines is 2. The lowest BCUT2D eigenvalue weighted by Crippen LogP contribution is -2.48. The normalized spacial score (nSPS) is 14.3. The number of hydrogen-bond acceptors (Lipinski definition) is 6. The largest absolute Gasteiger partial charge is 0.419 e. The van der Waals surface area contributed by atoms with Crippen molar-refractivity contribution in [1.82, 2.24) is 19.9 Å². The Morgan fingerprint density at radius 2 is 1.37 bits per heavy atom. The van der Waals surface area contributed by atoms with Gasteiger partial charge in [-0.25, -0.2) is 9.97 Å². The molecule has 4 rings (SSSR count). The van der Waals surface area contributed by atoms with Gasteiger partial charge in [0, 0.05) is 37.9 Å². The van der Waals surface area contributed by atoms with E-state index in [1.54, 1.807) is 16.7 Å². The number of terminal acetylenes is 1. The fourth-order valence-electron chi connectivity index (χ4n) is 3.53. The molecule has 1 saturated heterocycles. The Kier molecular flexibility index (Phi) is 7.48. The average Bonchev–Trinajstić information content (AvgIpc) is 2.84. The number of alkyl halides is 6. The van der Waals surface area contributed by atoms with Crippen LogP contribution in [-0.2, 0) is 12.4 Å². The number of benzene rings is 1. The van der Waals surface area contributed by atoms with Gasteiger partial charge in [-0.2, -0.15) is 36.3 Å². The van der Waals surface area contributed by atoms with E-state index in [2.05, 4.69) is 32.8 Å². The van der Waals surface area contributed by atoms with Crippen molar-refractivity contribution in [2.45, 2.75) is 19.3 Å². The zero-order chi connectivity index (χ0) is 25.8. The van der Waals surface area contributed by atoms with Crippen LogP contribution < -0.4 is 9.80 Å². The lowest BCUT2D eigenvalue weighted by Gasteiger charge is -2.36. The van der Waals surface area contributed by atoms with Crippen LogP contribution in [0.2, 0.25) is 0 Å². The molecule has 0 amide bonds. The Morgan fingerprint density at radius 1 is 0.771 bits per heavy atom. The third kappa shape index (κ3) is 5.98. The fraction of sp³-hybridized carbons (Fsp3) is 0.304. The number of aryl methyl sites for hydroxylation is 1. The summed E-state index contributed by atoms with van der Waals surface area (Å²) in [5, 5.41) is 0. The number of nitrogens with zero attached hydrogens (tertiary/aromatic N) is 6. The van der Waals surface area contributed by atoms with Gasteiger partial charge in [0.15, 0.2) is 5.82 Å². The zero-order valence-corrected chi connectivity index (χ0v) is 18.5. The molecule has 0 N–H and O–H groups in total. The molecule has 0 spiro atoms. The molecule has 0 radical (unpaired) electrons. The van der Waals surface area contributed by atoms with E-state index >= 15 is 0 Å². The highest BCUT2D eigenvalue weighted by Crippen LogP contribution is 2.35. The van der Waals surface area contributed by atoms with E-state index in [1.165, 1.54) is 24.4 Å². The molecule has 12 heteroatoms. The number of halogens is 6. The van der Waals surface area contributed by atoms with Crippen LogP contribution in [0.5, 0.6) is 0 Å². The van der Waals surface area contributed by atoms with Gasteiger partial charge in [-0.1, -0.05) is 12.1 Å². The van der Waals surface area contributed by atoms with Crippen LogP contribution in [0.1, 0.15) is 17.0 Å². The van der Waals surface area contributed by atoms with E-state index in [9.17, 15) is 26.3 Å². The monoisotopic (exact) mass is 494 g/mol. The molecule has 35 heavy (non-hydrogen) atoms. The molecule has 0 atom stereocenters. The minimum absolute atomic E-state index is 0.123. The van der Waals surface area contributed by atoms with Gasteiger partial charge in [0.05, 0.1) is 11.1 Å². The van der Waals surface area contributed by atoms with Crippen LogP contribution in [0, 0.1) is 19.8 Å². The van der Waals surface area contributed by atoms with Crippen molar-refractivity contribution in [2.24, 2.45) is 0 Å². The molecule has 0 bridgehead atoms. The average molecular weight is 494 g/mol. The third-order valence-corrected chi connectivity index (χ3v) is 5.16. The molecular weight excluding hydrogens is 474 g/mol. The lowest BCUT2D eigenvalue weighted by molar-refractivity contribution is -0.138. The molecule has 2 aromatic heterocycles. The van der Waals surface area contributed by atoms with Gasteiger partial charge >= 0.3 is 12.4 Å². The van der Waals surface area contributed by atoms with Crippen LogP contribution >= 0.6 is 0 Å². The molecule has 1 fully saturated rings. The SMILES string of the molecule is C#C.Cc1nc(-c2ccc(C(F)(F)F)cc2)nc(N2CCN(c3ncccc3C(F)(F)F)CC2)n1. The highest BCUT2D eigenvalue weighted by molar-refractivity contribution is 5.57. The van der Waals surface area contributed by atoms with Gasteiger partial charge < -0.3 is 9.80 Å². The maximum atomic E-state index is 13.3. The summed E-state index contributed by atoms with van der Waals surface area (Å²) in [5.74, 6) is 0.787. The van der Waals surface area contributed by atoms with Crippen LogP contribution in [0.4, 0.5) is 38.1 Å². The molecule has 6 nitrogen and oxygen atoms in total. The fourth-order valence-corrected chi connectivity index (χ4v) is 3.53. The van der Waals surface area contributed by atoms with Crippen LogP contribution in [0.15, 0.2) is 42.6 Å². The summed E-state index contributed by atoms with van der Waals surface area (Å²) in [7, 11) is 0. The molecule has 0 saturated carbocycles. The summed E-state index contributed by atoms with van der Waals surface area (Å²) in [6.07, 6.45) is 0.364. The molecule has 1 aliphatic heterocycles. The number of piperazine rings is 1. The Hall–Kier alpha value is -3.88. The van der Waals surface area contributed by atoms with E-state index in [1.807, 2.05) is 0 Å². The van der Waals surface area contributed by atoms with Crippen molar-refractivity contribution in [3.8, 4) is 24.2 Å². The van der Waals surface area contributed by atoms with Crippen molar-refractivity contribution in [1.29, 1.82) is 0 Å². The standard InChI is InChI=1S/C21H18F6N6.C2H2/c1-13-29-17(14-4-6-15(7-5-14)20(22,23)24)31-19(30-13)33-11-9-32(10-12-33)18-16(21(25,26)27)3-2-8-28-18;1-2/h2-8H,9-12H2,1H3;1-2H. The first kappa shape index (κ1) is 25.7. The Labute approximate surface area is 197 Å². The first-order valence-corrected chi connectivity index (χ1v) is 10.3. The van der Waals surface area contributed by atoms with Crippen molar-refractivity contribution in [3.63, 3.8) is 0 Å². The molecular formula is C23H20F6N6. The second-order valence-corrected chi connectivity index (χ2v) is 7.43. The third-order valence-electron chi connectivity index (χ3n) is 5.16. The van der Waals surface area contributed by atoms with E-state index in [4.69, 9.17) is 0 Å². The highest BCUT2D eigenvalue weighted by atomic mass is 19.4. The van der Waals surface area contributed by atoms with Crippen LogP contribution in [0.25, 0.3) is 11.4 Å². The van der Waals surface area contributed by atoms with Gasteiger partial charge in [0.25, 0.3) is 0 Å². The van der Waals surface area contributed by atoms with Crippen LogP contribution in [-0.4, -0.2) is 46.1 Å². The van der Waals surface area contributed by atoms with Crippen molar-refractivity contribution in [2.75, 3.05) is 36.0 Å². The Morgan fingerprint density at radius 3 is 1.94 bits per heavy atom. The van der Waals surface area contributed by atoms with Crippen molar-refractivity contribution >= 4 is 11.8 Å². The second-order valence-electron chi connectivity index (χ2n) is 7.43. The summed E-state index contributed by atoms with van der Waals surface area (Å²) >= 11 is 0. The summed E-state index contributed by atoms with van der Waals surface area (Å²) in [5.41, 5.74) is -1.17. The number of pyridine rings is 1. The Bertz CT molecular complexity index is 1170. The second kappa shape index (κ2) is 10.2. The van der Waals surface area contributed by atoms with Crippen molar-refractivity contribution < 1.29 is 26.3 Å². The van der Waals surface area contributed by atoms with Gasteiger partial charge in [-0.05, 0) is 31.2 Å².